The Balaban J connectivity index is 2.11. The zero-order chi connectivity index (χ0) is 10.7. The minimum absolute atomic E-state index is 0.830. The van der Waals surface area contributed by atoms with Gasteiger partial charge in [-0.25, -0.2) is 0 Å². The van der Waals surface area contributed by atoms with Crippen LogP contribution in [-0.2, 0) is 6.42 Å². The third-order valence-corrected chi connectivity index (χ3v) is 4.65. The molecule has 0 amide bonds. The lowest BCUT2D eigenvalue weighted by Crippen LogP contribution is -1.78. The Morgan fingerprint density at radius 2 is 2.00 bits per heavy atom. The molecule has 0 aliphatic carbocycles. The fourth-order valence-corrected chi connectivity index (χ4v) is 3.87. The van der Waals surface area contributed by atoms with E-state index in [-0.39, 0.29) is 0 Å². The lowest BCUT2D eigenvalue weighted by Gasteiger charge is -1.94. The minimum Gasteiger partial charge on any atom is -0.192 e. The molecule has 2 rings (SSSR count). The molecule has 0 saturated carbocycles. The monoisotopic (exact) mass is 235 g/mol. The van der Waals surface area contributed by atoms with Crippen molar-refractivity contribution in [2.45, 2.75) is 32.6 Å². The molecule has 0 spiro atoms. The molecule has 0 bridgehead atoms. The summed E-state index contributed by atoms with van der Waals surface area (Å²) >= 11 is 3.45. The second-order valence-electron chi connectivity index (χ2n) is 3.62. The molecule has 2 aromatic rings. The van der Waals surface area contributed by atoms with Crippen molar-refractivity contribution in [2.75, 3.05) is 0 Å². The zero-order valence-electron chi connectivity index (χ0n) is 8.75. The number of thiophene rings is 2. The highest BCUT2D eigenvalue weighted by molar-refractivity contribution is 7.28. The fourth-order valence-electron chi connectivity index (χ4n) is 1.61. The van der Waals surface area contributed by atoms with Gasteiger partial charge in [0, 0.05) is 14.3 Å². The molecule has 3 heteroatoms. The lowest BCUT2D eigenvalue weighted by molar-refractivity contribution is 0.723. The summed E-state index contributed by atoms with van der Waals surface area (Å²) < 4.78 is 2.56. The first-order valence-electron chi connectivity index (χ1n) is 5.26. The number of hydrogen-bond acceptors (Lipinski definition) is 3. The van der Waals surface area contributed by atoms with Crippen LogP contribution >= 0.6 is 22.7 Å². The zero-order valence-corrected chi connectivity index (χ0v) is 10.4. The predicted molar refractivity (Wildman–Crippen MR) is 67.6 cm³/mol. The number of aryl methyl sites for hydroxylation is 1. The highest BCUT2D eigenvalue weighted by Gasteiger charge is 2.05. The van der Waals surface area contributed by atoms with E-state index in [2.05, 4.69) is 19.1 Å². The second-order valence-corrected chi connectivity index (χ2v) is 5.87. The van der Waals surface area contributed by atoms with Crippen LogP contribution in [0.1, 0.15) is 35.9 Å². The number of nitriles is 1. The molecule has 78 valence electrons. The molecule has 2 heterocycles. The van der Waals surface area contributed by atoms with Crippen molar-refractivity contribution in [1.29, 1.82) is 5.26 Å². The Bertz CT molecular complexity index is 456. The minimum atomic E-state index is 0.830. The highest BCUT2D eigenvalue weighted by Crippen LogP contribution is 2.33. The van der Waals surface area contributed by atoms with Crippen molar-refractivity contribution < 1.29 is 0 Å². The Hall–Kier alpha value is -0.850. The molecule has 0 radical (unpaired) electrons. The molecule has 15 heavy (non-hydrogen) atoms. The van der Waals surface area contributed by atoms with Gasteiger partial charge in [-0.3, -0.25) is 0 Å². The Morgan fingerprint density at radius 3 is 2.67 bits per heavy atom. The first kappa shape index (κ1) is 10.7. The summed E-state index contributed by atoms with van der Waals surface area (Å²) in [6, 6.07) is 6.46. The number of rotatable bonds is 4. The van der Waals surface area contributed by atoms with Gasteiger partial charge < -0.3 is 0 Å². The van der Waals surface area contributed by atoms with E-state index in [0.29, 0.717) is 0 Å². The molecule has 1 nitrogen and oxygen atoms in total. The normalized spacial score (nSPS) is 10.7. The molecule has 0 atom stereocenters. The van der Waals surface area contributed by atoms with E-state index in [1.165, 1.54) is 40.0 Å². The van der Waals surface area contributed by atoms with Crippen LogP contribution in [0.2, 0.25) is 0 Å². The van der Waals surface area contributed by atoms with Gasteiger partial charge in [0.05, 0.1) is 0 Å². The van der Waals surface area contributed by atoms with Crippen molar-refractivity contribution in [1.82, 2.24) is 0 Å². The molecule has 0 aliphatic rings. The number of unbranched alkanes of at least 4 members (excludes halogenated alkanes) is 2. The summed E-state index contributed by atoms with van der Waals surface area (Å²) in [5.41, 5.74) is 0. The quantitative estimate of drug-likeness (QED) is 0.712. The van der Waals surface area contributed by atoms with Crippen molar-refractivity contribution >= 4 is 32.1 Å². The molecule has 0 N–H and O–H groups in total. The molecule has 2 aromatic heterocycles. The summed E-state index contributed by atoms with van der Waals surface area (Å²) in [7, 11) is 0. The van der Waals surface area contributed by atoms with Crippen molar-refractivity contribution in [2.24, 2.45) is 0 Å². The smallest absolute Gasteiger partial charge is 0.110 e. The van der Waals surface area contributed by atoms with Crippen molar-refractivity contribution in [3.05, 3.63) is 21.9 Å². The number of fused-ring (bicyclic) bond motifs is 1. The standard InChI is InChI=1S/C12H13NS2/c1-2-3-4-5-9-6-11-12(14-9)7-10(8-13)15-11/h6-7H,2-5H2,1H3. The maximum absolute atomic E-state index is 8.76. The van der Waals surface area contributed by atoms with E-state index in [0.717, 1.165) is 4.88 Å². The van der Waals surface area contributed by atoms with Gasteiger partial charge in [0.15, 0.2) is 0 Å². The fraction of sp³-hybridized carbons (Fsp3) is 0.417. The largest absolute Gasteiger partial charge is 0.192 e. The van der Waals surface area contributed by atoms with Crippen LogP contribution in [-0.4, -0.2) is 0 Å². The van der Waals surface area contributed by atoms with Crippen LogP contribution in [0.15, 0.2) is 12.1 Å². The maximum atomic E-state index is 8.76. The topological polar surface area (TPSA) is 23.8 Å². The van der Waals surface area contributed by atoms with Crippen molar-refractivity contribution in [3.8, 4) is 6.07 Å². The third kappa shape index (κ3) is 2.39. The molecule has 0 fully saturated rings. The maximum Gasteiger partial charge on any atom is 0.110 e. The van der Waals surface area contributed by atoms with Gasteiger partial charge in [-0.05, 0) is 25.0 Å². The lowest BCUT2D eigenvalue weighted by atomic mass is 10.2. The third-order valence-electron chi connectivity index (χ3n) is 2.40. The first-order valence-corrected chi connectivity index (χ1v) is 6.89. The molecule has 0 aliphatic heterocycles. The SMILES string of the molecule is CCCCCc1cc2sc(C#N)cc2s1. The Labute approximate surface area is 98.0 Å². The summed E-state index contributed by atoms with van der Waals surface area (Å²) in [6.07, 6.45) is 5.07. The summed E-state index contributed by atoms with van der Waals surface area (Å²) in [4.78, 5) is 2.30. The molecular weight excluding hydrogens is 222 g/mol. The summed E-state index contributed by atoms with van der Waals surface area (Å²) in [5.74, 6) is 0. The van der Waals surface area contributed by atoms with Gasteiger partial charge in [0.25, 0.3) is 0 Å². The van der Waals surface area contributed by atoms with Gasteiger partial charge in [0.1, 0.15) is 10.9 Å². The van der Waals surface area contributed by atoms with Gasteiger partial charge in [-0.2, -0.15) is 5.26 Å². The van der Waals surface area contributed by atoms with Crippen LogP contribution < -0.4 is 0 Å². The molecular formula is C12H13NS2. The van der Waals surface area contributed by atoms with Gasteiger partial charge >= 0.3 is 0 Å². The number of nitrogens with zero attached hydrogens (tertiary/aromatic N) is 1. The summed E-state index contributed by atoms with van der Waals surface area (Å²) in [6.45, 7) is 2.23. The second kappa shape index (κ2) is 4.78. The predicted octanol–water partition coefficient (Wildman–Crippen LogP) is 4.57. The van der Waals surface area contributed by atoms with Crippen LogP contribution in [0.3, 0.4) is 0 Å². The van der Waals surface area contributed by atoms with E-state index in [9.17, 15) is 0 Å². The molecule has 0 unspecified atom stereocenters. The average molecular weight is 235 g/mol. The van der Waals surface area contributed by atoms with Gasteiger partial charge in [0.2, 0.25) is 0 Å². The van der Waals surface area contributed by atoms with Gasteiger partial charge in [-0.15, -0.1) is 22.7 Å². The van der Waals surface area contributed by atoms with Crippen LogP contribution in [0.25, 0.3) is 9.40 Å². The molecule has 0 aromatic carbocycles. The molecule has 0 saturated heterocycles. The highest BCUT2D eigenvalue weighted by atomic mass is 32.1. The van der Waals surface area contributed by atoms with E-state index < -0.39 is 0 Å². The van der Waals surface area contributed by atoms with E-state index in [4.69, 9.17) is 5.26 Å². The van der Waals surface area contributed by atoms with E-state index in [1.807, 2.05) is 17.4 Å². The summed E-state index contributed by atoms with van der Waals surface area (Å²) in [5, 5.41) is 8.76. The van der Waals surface area contributed by atoms with Crippen LogP contribution in [0, 0.1) is 11.3 Å². The van der Waals surface area contributed by atoms with Crippen LogP contribution in [0.5, 0.6) is 0 Å². The average Bonchev–Trinajstić information content (AvgIpc) is 2.75. The van der Waals surface area contributed by atoms with Crippen molar-refractivity contribution in [3.63, 3.8) is 0 Å². The Kier molecular flexibility index (Phi) is 3.40. The Morgan fingerprint density at radius 1 is 1.20 bits per heavy atom. The van der Waals surface area contributed by atoms with Gasteiger partial charge in [-0.1, -0.05) is 19.8 Å². The van der Waals surface area contributed by atoms with Crippen LogP contribution in [0.4, 0.5) is 0 Å². The number of hydrogen-bond donors (Lipinski definition) is 0. The first-order chi connectivity index (χ1) is 7.33. The van der Waals surface area contributed by atoms with E-state index in [1.54, 1.807) is 11.3 Å². The van der Waals surface area contributed by atoms with E-state index >= 15 is 0 Å².